The van der Waals surface area contributed by atoms with E-state index in [9.17, 15) is 13.6 Å². The van der Waals surface area contributed by atoms with E-state index < -0.39 is 11.6 Å². The van der Waals surface area contributed by atoms with Crippen molar-refractivity contribution in [1.29, 1.82) is 0 Å². The van der Waals surface area contributed by atoms with Crippen molar-refractivity contribution in [1.82, 2.24) is 19.4 Å². The number of halogens is 2. The molecule has 2 aliphatic rings. The van der Waals surface area contributed by atoms with Gasteiger partial charge in [0.15, 0.2) is 17.1 Å². The maximum Gasteiger partial charge on any atom is 0.193 e. The van der Waals surface area contributed by atoms with Gasteiger partial charge < -0.3 is 14.4 Å². The van der Waals surface area contributed by atoms with Crippen LogP contribution in [0.15, 0.2) is 59.8 Å². The van der Waals surface area contributed by atoms with Gasteiger partial charge in [0, 0.05) is 87.5 Å². The summed E-state index contributed by atoms with van der Waals surface area (Å²) in [5.41, 5.74) is 3.99. The second-order valence-corrected chi connectivity index (χ2v) is 11.6. The normalized spacial score (nSPS) is 17.4. The van der Waals surface area contributed by atoms with E-state index in [2.05, 4.69) is 31.9 Å². The van der Waals surface area contributed by atoms with Crippen LogP contribution in [0, 0.1) is 18.6 Å². The number of hydrogen-bond donors (Lipinski definition) is 0. The Morgan fingerprint density at radius 3 is 2.51 bits per heavy atom. The first kappa shape index (κ1) is 27.3. The first-order valence-electron chi connectivity index (χ1n) is 14.3. The van der Waals surface area contributed by atoms with Gasteiger partial charge in [0.1, 0.15) is 5.82 Å². The predicted molar refractivity (Wildman–Crippen MR) is 158 cm³/mol. The highest BCUT2D eigenvalue weighted by atomic mass is 19.2. The fourth-order valence-corrected chi connectivity index (χ4v) is 5.96. The van der Waals surface area contributed by atoms with Crippen LogP contribution < -0.4 is 15.2 Å². The summed E-state index contributed by atoms with van der Waals surface area (Å²) >= 11 is 0. The molecule has 6 rings (SSSR count). The van der Waals surface area contributed by atoms with E-state index in [0.717, 1.165) is 67.6 Å². The SMILES string of the molecule is Cc1cc(CN(Cc2cn(C3CC3)c3cc(F)c(F)cc3c2=O)[C@H]2CCCN(c3ccc(N(C)C)nc3)C2)ccn1. The quantitative estimate of drug-likeness (QED) is 0.287. The van der Waals surface area contributed by atoms with Crippen LogP contribution in [-0.4, -0.2) is 52.7 Å². The molecule has 0 N–H and O–H groups in total. The summed E-state index contributed by atoms with van der Waals surface area (Å²) < 4.78 is 30.5. The first-order chi connectivity index (χ1) is 19.8. The number of benzene rings is 1. The van der Waals surface area contributed by atoms with Crippen LogP contribution in [0.5, 0.6) is 0 Å². The van der Waals surface area contributed by atoms with E-state index in [-0.39, 0.29) is 22.9 Å². The number of hydrogen-bond acceptors (Lipinski definition) is 6. The molecule has 1 aliphatic heterocycles. The summed E-state index contributed by atoms with van der Waals surface area (Å²) in [6.45, 7) is 4.79. The van der Waals surface area contributed by atoms with Gasteiger partial charge in [0.25, 0.3) is 0 Å². The molecule has 214 valence electrons. The summed E-state index contributed by atoms with van der Waals surface area (Å²) in [6.07, 6.45) is 9.58. The molecule has 41 heavy (non-hydrogen) atoms. The molecule has 9 heteroatoms. The van der Waals surface area contributed by atoms with Crippen LogP contribution in [0.25, 0.3) is 10.9 Å². The zero-order valence-electron chi connectivity index (χ0n) is 23.9. The maximum absolute atomic E-state index is 14.3. The second-order valence-electron chi connectivity index (χ2n) is 11.6. The molecule has 4 aromatic rings. The fraction of sp³-hybridized carbons (Fsp3) is 0.406. The lowest BCUT2D eigenvalue weighted by Gasteiger charge is -2.40. The molecule has 0 unspecified atom stereocenters. The molecule has 1 aromatic carbocycles. The Balaban J connectivity index is 1.35. The van der Waals surface area contributed by atoms with Gasteiger partial charge in [-0.3, -0.25) is 14.7 Å². The van der Waals surface area contributed by atoms with Crippen molar-refractivity contribution in [3.63, 3.8) is 0 Å². The van der Waals surface area contributed by atoms with Gasteiger partial charge in [-0.05, 0) is 68.5 Å². The van der Waals surface area contributed by atoms with E-state index in [1.807, 2.05) is 61.2 Å². The van der Waals surface area contributed by atoms with Gasteiger partial charge in [-0.15, -0.1) is 0 Å². The van der Waals surface area contributed by atoms with E-state index in [4.69, 9.17) is 0 Å². The molecule has 0 radical (unpaired) electrons. The molecule has 0 spiro atoms. The minimum atomic E-state index is -0.991. The number of pyridine rings is 3. The van der Waals surface area contributed by atoms with Gasteiger partial charge >= 0.3 is 0 Å². The van der Waals surface area contributed by atoms with E-state index >= 15 is 0 Å². The Morgan fingerprint density at radius 1 is 1.00 bits per heavy atom. The minimum Gasteiger partial charge on any atom is -0.369 e. The van der Waals surface area contributed by atoms with Crippen molar-refractivity contribution in [3.05, 3.63) is 93.7 Å². The number of anilines is 2. The van der Waals surface area contributed by atoms with Gasteiger partial charge in [-0.2, -0.15) is 0 Å². The highest BCUT2D eigenvalue weighted by Gasteiger charge is 2.29. The summed E-state index contributed by atoms with van der Waals surface area (Å²) in [4.78, 5) is 29.4. The van der Waals surface area contributed by atoms with Crippen LogP contribution in [-0.2, 0) is 13.1 Å². The smallest absolute Gasteiger partial charge is 0.193 e. The lowest BCUT2D eigenvalue weighted by Crippen LogP contribution is -2.48. The first-order valence-corrected chi connectivity index (χ1v) is 14.3. The Morgan fingerprint density at radius 2 is 1.80 bits per heavy atom. The molecule has 1 saturated carbocycles. The lowest BCUT2D eigenvalue weighted by atomic mass is 10.0. The third-order valence-electron chi connectivity index (χ3n) is 8.28. The Bertz CT molecular complexity index is 1620. The van der Waals surface area contributed by atoms with Crippen LogP contribution in [0.4, 0.5) is 20.3 Å². The van der Waals surface area contributed by atoms with Crippen LogP contribution in [0.2, 0.25) is 0 Å². The fourth-order valence-electron chi connectivity index (χ4n) is 5.96. The second kappa shape index (κ2) is 11.2. The molecule has 3 aromatic heterocycles. The third-order valence-corrected chi connectivity index (χ3v) is 8.28. The van der Waals surface area contributed by atoms with Crippen LogP contribution in [0.3, 0.4) is 0 Å². The van der Waals surface area contributed by atoms with Crippen LogP contribution in [0.1, 0.15) is 48.5 Å². The number of aromatic nitrogens is 3. The Hall–Kier alpha value is -3.85. The van der Waals surface area contributed by atoms with Crippen molar-refractivity contribution in [2.75, 3.05) is 37.0 Å². The predicted octanol–water partition coefficient (Wildman–Crippen LogP) is 5.45. The molecule has 0 bridgehead atoms. The largest absolute Gasteiger partial charge is 0.369 e. The Kier molecular flexibility index (Phi) is 7.46. The van der Waals surface area contributed by atoms with Gasteiger partial charge in [-0.1, -0.05) is 0 Å². The average molecular weight is 559 g/mol. The molecule has 7 nitrogen and oxygen atoms in total. The zero-order valence-corrected chi connectivity index (χ0v) is 23.9. The summed E-state index contributed by atoms with van der Waals surface area (Å²) in [5.74, 6) is -1.00. The Labute approximate surface area is 239 Å². The van der Waals surface area contributed by atoms with E-state index in [1.165, 1.54) is 6.07 Å². The van der Waals surface area contributed by atoms with Gasteiger partial charge in [0.2, 0.25) is 0 Å². The molecule has 1 atom stereocenters. The topological polar surface area (TPSA) is 57.5 Å². The van der Waals surface area contributed by atoms with Crippen molar-refractivity contribution in [2.45, 2.75) is 57.8 Å². The van der Waals surface area contributed by atoms with Crippen LogP contribution >= 0.6 is 0 Å². The molecule has 4 heterocycles. The number of aryl methyl sites for hydroxylation is 1. The summed E-state index contributed by atoms with van der Waals surface area (Å²) in [6, 6.07) is 10.9. The number of rotatable bonds is 8. The average Bonchev–Trinajstić information content (AvgIpc) is 3.81. The maximum atomic E-state index is 14.3. The van der Waals surface area contributed by atoms with Crippen molar-refractivity contribution in [2.24, 2.45) is 0 Å². The van der Waals surface area contributed by atoms with Gasteiger partial charge in [-0.25, -0.2) is 13.8 Å². The number of nitrogens with zero attached hydrogens (tertiary/aromatic N) is 6. The standard InChI is InChI=1S/C32H36F2N6O/c1-21-13-22(10-11-35-21)17-39(26-5-4-12-38(20-26)25-8-9-31(36-16-25)37(2)3)18-23-19-40(24-6-7-24)30-15-29(34)28(33)14-27(30)32(23)41/h8-11,13-16,19,24,26H,4-7,12,17-18,20H2,1-3H3/t26-/m0/s1. The highest BCUT2D eigenvalue weighted by molar-refractivity contribution is 5.80. The lowest BCUT2D eigenvalue weighted by molar-refractivity contribution is 0.158. The molecule has 1 saturated heterocycles. The molecule has 1 aliphatic carbocycles. The van der Waals surface area contributed by atoms with Gasteiger partial charge in [0.05, 0.1) is 17.4 Å². The zero-order chi connectivity index (χ0) is 28.7. The van der Waals surface area contributed by atoms with Crippen molar-refractivity contribution < 1.29 is 8.78 Å². The molecular formula is C32H36F2N6O. The molecular weight excluding hydrogens is 522 g/mol. The van der Waals surface area contributed by atoms with Crippen molar-refractivity contribution in [3.8, 4) is 0 Å². The van der Waals surface area contributed by atoms with Crippen molar-refractivity contribution >= 4 is 22.4 Å². The number of fused-ring (bicyclic) bond motifs is 1. The molecule has 2 fully saturated rings. The highest BCUT2D eigenvalue weighted by Crippen LogP contribution is 2.37. The minimum absolute atomic E-state index is 0.181. The number of piperidine rings is 1. The monoisotopic (exact) mass is 558 g/mol. The summed E-state index contributed by atoms with van der Waals surface area (Å²) in [7, 11) is 3.96. The third kappa shape index (κ3) is 5.81. The molecule has 0 amide bonds. The summed E-state index contributed by atoms with van der Waals surface area (Å²) in [5, 5.41) is 0.241. The van der Waals surface area contributed by atoms with E-state index in [0.29, 0.717) is 24.2 Å². The van der Waals surface area contributed by atoms with E-state index in [1.54, 1.807) is 0 Å².